The molecule has 0 unspecified atom stereocenters. The lowest BCUT2D eigenvalue weighted by Gasteiger charge is -2.32. The maximum Gasteiger partial charge on any atom is 0.244 e. The molecule has 0 heterocycles. The average Bonchev–Trinajstić information content (AvgIpc) is 2.80. The molecule has 2 rings (SSSR count). The van der Waals surface area contributed by atoms with E-state index in [1.54, 1.807) is 19.1 Å². The average molecular weight is 567 g/mol. The van der Waals surface area contributed by atoms with Gasteiger partial charge < -0.3 is 10.2 Å². The van der Waals surface area contributed by atoms with Crippen LogP contribution in [0.2, 0.25) is 0 Å². The van der Waals surface area contributed by atoms with Gasteiger partial charge in [-0.15, -0.1) is 0 Å². The molecule has 2 atom stereocenters. The number of rotatable bonds is 11. The second kappa shape index (κ2) is 12.5. The van der Waals surface area contributed by atoms with Gasteiger partial charge in [-0.05, 0) is 55.5 Å². The minimum atomic E-state index is -3.77. The number of nitrogens with zero attached hydrogens (tertiary/aromatic N) is 2. The molecule has 0 aromatic heterocycles. The largest absolute Gasteiger partial charge is 0.352 e. The lowest BCUT2D eigenvalue weighted by atomic mass is 10.0. The van der Waals surface area contributed by atoms with E-state index in [0.717, 1.165) is 32.6 Å². The molecule has 1 N–H and O–H groups in total. The molecule has 0 bridgehead atoms. The molecule has 192 valence electrons. The van der Waals surface area contributed by atoms with Crippen molar-refractivity contribution in [2.45, 2.75) is 65.6 Å². The van der Waals surface area contributed by atoms with Gasteiger partial charge in [0.15, 0.2) is 0 Å². The summed E-state index contributed by atoms with van der Waals surface area (Å²) in [5.74, 6) is -0.674. The molecule has 35 heavy (non-hydrogen) atoms. The molecule has 0 fully saturated rings. The summed E-state index contributed by atoms with van der Waals surface area (Å²) in [5, 5.41) is 2.93. The highest BCUT2D eigenvalue weighted by molar-refractivity contribution is 9.10. The summed E-state index contributed by atoms with van der Waals surface area (Å²) in [6, 6.07) is 13.8. The van der Waals surface area contributed by atoms with Crippen LogP contribution in [-0.2, 0) is 26.2 Å². The van der Waals surface area contributed by atoms with Crippen molar-refractivity contribution in [3.05, 3.63) is 64.1 Å². The molecule has 0 saturated heterocycles. The minimum absolute atomic E-state index is 0.0416. The van der Waals surface area contributed by atoms with E-state index in [2.05, 4.69) is 21.2 Å². The molecule has 9 heteroatoms. The maximum atomic E-state index is 13.7. The van der Waals surface area contributed by atoms with Crippen molar-refractivity contribution in [1.29, 1.82) is 0 Å². The molecule has 2 aromatic carbocycles. The summed E-state index contributed by atoms with van der Waals surface area (Å²) in [4.78, 5) is 28.1. The summed E-state index contributed by atoms with van der Waals surface area (Å²) in [5.41, 5.74) is 2.13. The van der Waals surface area contributed by atoms with Gasteiger partial charge in [0.1, 0.15) is 12.6 Å². The second-order valence-electron chi connectivity index (χ2n) is 9.13. The zero-order chi connectivity index (χ0) is 26.3. The van der Waals surface area contributed by atoms with Gasteiger partial charge in [0.05, 0.1) is 11.9 Å². The van der Waals surface area contributed by atoms with E-state index in [-0.39, 0.29) is 24.4 Å². The molecule has 2 aromatic rings. The second-order valence-corrected chi connectivity index (χ2v) is 11.9. The van der Waals surface area contributed by atoms with Gasteiger partial charge in [-0.3, -0.25) is 13.9 Å². The Morgan fingerprint density at radius 3 is 2.14 bits per heavy atom. The molecule has 0 radical (unpaired) electrons. The molecule has 2 amide bonds. The van der Waals surface area contributed by atoms with E-state index in [1.165, 1.54) is 4.90 Å². The fourth-order valence-corrected chi connectivity index (χ4v) is 4.77. The number of halogens is 1. The van der Waals surface area contributed by atoms with Crippen molar-refractivity contribution in [3.8, 4) is 0 Å². The van der Waals surface area contributed by atoms with Crippen molar-refractivity contribution in [3.63, 3.8) is 0 Å². The van der Waals surface area contributed by atoms with Gasteiger partial charge in [0.25, 0.3) is 0 Å². The van der Waals surface area contributed by atoms with Crippen LogP contribution in [0.5, 0.6) is 0 Å². The predicted molar refractivity (Wildman–Crippen MR) is 145 cm³/mol. The van der Waals surface area contributed by atoms with E-state index in [0.29, 0.717) is 5.69 Å². The van der Waals surface area contributed by atoms with Crippen LogP contribution in [0, 0.1) is 0 Å². The maximum absolute atomic E-state index is 13.7. The molecule has 0 aliphatic rings. The van der Waals surface area contributed by atoms with E-state index < -0.39 is 28.5 Å². The standard InChI is InChI=1S/C26H36BrN3O4S/c1-7-19(4)28-26(32)20(5)29(16-21-12-14-22(27)15-13-21)25(31)17-30(35(6,33)34)24-11-9-8-10-23(24)18(2)3/h8-15,18-20H,7,16-17H2,1-6H3,(H,28,32)/t19-,20-/m1/s1. The van der Waals surface area contributed by atoms with Crippen LogP contribution in [0.4, 0.5) is 5.69 Å². The van der Waals surface area contributed by atoms with Gasteiger partial charge in [-0.2, -0.15) is 0 Å². The summed E-state index contributed by atoms with van der Waals surface area (Å²) < 4.78 is 27.7. The molecule has 0 aliphatic heterocycles. The Morgan fingerprint density at radius 2 is 1.60 bits per heavy atom. The van der Waals surface area contributed by atoms with Crippen LogP contribution in [-0.4, -0.2) is 50.0 Å². The van der Waals surface area contributed by atoms with Crippen molar-refractivity contribution in [1.82, 2.24) is 10.2 Å². The number of hydrogen-bond acceptors (Lipinski definition) is 4. The minimum Gasteiger partial charge on any atom is -0.352 e. The van der Waals surface area contributed by atoms with Gasteiger partial charge in [-0.1, -0.05) is 67.0 Å². The number of anilines is 1. The van der Waals surface area contributed by atoms with Crippen LogP contribution in [0.25, 0.3) is 0 Å². The number of para-hydroxylation sites is 1. The monoisotopic (exact) mass is 565 g/mol. The third-order valence-electron chi connectivity index (χ3n) is 5.94. The van der Waals surface area contributed by atoms with Crippen molar-refractivity contribution in [2.75, 3.05) is 17.1 Å². The Hall–Kier alpha value is -2.39. The summed E-state index contributed by atoms with van der Waals surface area (Å²) >= 11 is 3.41. The number of hydrogen-bond donors (Lipinski definition) is 1. The lowest BCUT2D eigenvalue weighted by molar-refractivity contribution is -0.139. The molecular formula is C26H36BrN3O4S. The first-order valence-corrected chi connectivity index (χ1v) is 14.4. The van der Waals surface area contributed by atoms with Crippen molar-refractivity contribution in [2.24, 2.45) is 0 Å². The van der Waals surface area contributed by atoms with E-state index in [9.17, 15) is 18.0 Å². The molecular weight excluding hydrogens is 530 g/mol. The Morgan fingerprint density at radius 1 is 1.00 bits per heavy atom. The van der Waals surface area contributed by atoms with Crippen LogP contribution in [0.1, 0.15) is 58.1 Å². The highest BCUT2D eigenvalue weighted by Gasteiger charge is 2.31. The van der Waals surface area contributed by atoms with Gasteiger partial charge in [-0.25, -0.2) is 8.42 Å². The van der Waals surface area contributed by atoms with Crippen molar-refractivity contribution < 1.29 is 18.0 Å². The summed E-state index contributed by atoms with van der Waals surface area (Å²) in [7, 11) is -3.77. The fraction of sp³-hybridized carbons (Fsp3) is 0.462. The number of nitrogens with one attached hydrogen (secondary N) is 1. The van der Waals surface area contributed by atoms with Crippen LogP contribution in [0.3, 0.4) is 0 Å². The number of benzene rings is 2. The third-order valence-corrected chi connectivity index (χ3v) is 7.60. The smallest absolute Gasteiger partial charge is 0.244 e. The normalized spacial score (nSPS) is 13.3. The van der Waals surface area contributed by atoms with Crippen LogP contribution >= 0.6 is 15.9 Å². The number of amides is 2. The highest BCUT2D eigenvalue weighted by Crippen LogP contribution is 2.29. The Bertz CT molecular complexity index is 1120. The lowest BCUT2D eigenvalue weighted by Crippen LogP contribution is -2.52. The van der Waals surface area contributed by atoms with Crippen molar-refractivity contribution >= 4 is 43.5 Å². The van der Waals surface area contributed by atoms with Gasteiger partial charge >= 0.3 is 0 Å². The SMILES string of the molecule is CC[C@@H](C)NC(=O)[C@@H](C)N(Cc1ccc(Br)cc1)C(=O)CN(c1ccccc1C(C)C)S(C)(=O)=O. The van der Waals surface area contributed by atoms with E-state index in [4.69, 9.17) is 0 Å². The zero-order valence-electron chi connectivity index (χ0n) is 21.3. The highest BCUT2D eigenvalue weighted by atomic mass is 79.9. The first-order valence-electron chi connectivity index (χ1n) is 11.8. The van der Waals surface area contributed by atoms with E-state index >= 15 is 0 Å². The van der Waals surface area contributed by atoms with E-state index in [1.807, 2.05) is 64.1 Å². The Kier molecular flexibility index (Phi) is 10.3. The van der Waals surface area contributed by atoms with Gasteiger partial charge in [0, 0.05) is 17.1 Å². The first-order chi connectivity index (χ1) is 16.3. The zero-order valence-corrected chi connectivity index (χ0v) is 23.7. The topological polar surface area (TPSA) is 86.8 Å². The predicted octanol–water partition coefficient (Wildman–Crippen LogP) is 4.67. The Balaban J connectivity index is 2.44. The molecule has 0 aliphatic carbocycles. The number of sulfonamides is 1. The first kappa shape index (κ1) is 28.8. The van der Waals surface area contributed by atoms with Gasteiger partial charge in [0.2, 0.25) is 21.8 Å². The molecule has 0 spiro atoms. The third kappa shape index (κ3) is 8.07. The fourth-order valence-electron chi connectivity index (χ4n) is 3.63. The van der Waals surface area contributed by atoms with Crippen LogP contribution < -0.4 is 9.62 Å². The number of carbonyl (C=O) groups is 2. The summed E-state index contributed by atoms with van der Waals surface area (Å²) in [6.45, 7) is 9.26. The summed E-state index contributed by atoms with van der Waals surface area (Å²) in [6.07, 6.45) is 1.85. The quantitative estimate of drug-likeness (QED) is 0.429. The molecule has 0 saturated carbocycles. The Labute approximate surface area is 218 Å². The molecule has 7 nitrogen and oxygen atoms in total. The number of carbonyl (C=O) groups excluding carboxylic acids is 2. The van der Waals surface area contributed by atoms with Crippen LogP contribution in [0.15, 0.2) is 53.0 Å².